The second-order valence-corrected chi connectivity index (χ2v) is 13.1. The Balaban J connectivity index is 0.689. The first kappa shape index (κ1) is 44.8. The van der Waals surface area contributed by atoms with Gasteiger partial charge in [0.05, 0.1) is 137 Å². The molecule has 15 nitrogen and oxygen atoms in total. The van der Waals surface area contributed by atoms with Crippen molar-refractivity contribution in [2.75, 3.05) is 139 Å². The monoisotopic (exact) mass is 808 g/mol. The van der Waals surface area contributed by atoms with Crippen LogP contribution in [0, 0.1) is 0 Å². The fourth-order valence-corrected chi connectivity index (χ4v) is 6.33. The highest BCUT2D eigenvalue weighted by Gasteiger charge is 2.34. The number of hydrogen-bond donors (Lipinski definition) is 1. The van der Waals surface area contributed by atoms with Crippen molar-refractivity contribution in [2.24, 2.45) is 0 Å². The van der Waals surface area contributed by atoms with E-state index in [9.17, 15) is 14.4 Å². The Hall–Kier alpha value is -4.29. The number of hydrogen-bond acceptors (Lipinski definition) is 13. The zero-order valence-electron chi connectivity index (χ0n) is 33.1. The van der Waals surface area contributed by atoms with Crippen LogP contribution in [-0.2, 0) is 47.4 Å². The number of carbonyl (C=O) groups excluding carboxylic acids is 3. The summed E-state index contributed by atoms with van der Waals surface area (Å²) in [4.78, 5) is 38.1. The quantitative estimate of drug-likeness (QED) is 0.0715. The van der Waals surface area contributed by atoms with Crippen LogP contribution in [0.3, 0.4) is 0 Å². The summed E-state index contributed by atoms with van der Waals surface area (Å²) in [6, 6.07) is 23.3. The van der Waals surface area contributed by atoms with E-state index in [-0.39, 0.29) is 37.5 Å². The number of rotatable bonds is 32. The van der Waals surface area contributed by atoms with Gasteiger partial charge >= 0.3 is 6.09 Å². The first-order valence-electron chi connectivity index (χ1n) is 19.9. The van der Waals surface area contributed by atoms with Crippen LogP contribution in [0.5, 0.6) is 0 Å². The van der Waals surface area contributed by atoms with Gasteiger partial charge in [-0.3, -0.25) is 14.5 Å². The molecule has 0 bridgehead atoms. The lowest BCUT2D eigenvalue weighted by Crippen LogP contribution is -2.33. The maximum atomic E-state index is 12.3. The van der Waals surface area contributed by atoms with Crippen LogP contribution >= 0.6 is 0 Å². The summed E-state index contributed by atoms with van der Waals surface area (Å²) in [5, 5.41) is 2.74. The predicted molar refractivity (Wildman–Crippen MR) is 212 cm³/mol. The van der Waals surface area contributed by atoms with E-state index < -0.39 is 6.09 Å². The molecule has 1 aliphatic carbocycles. The highest BCUT2D eigenvalue weighted by molar-refractivity contribution is 6.21. The third-order valence-corrected chi connectivity index (χ3v) is 9.17. The van der Waals surface area contributed by atoms with Crippen molar-refractivity contribution in [2.45, 2.75) is 5.92 Å². The molecule has 3 aromatic carbocycles. The summed E-state index contributed by atoms with van der Waals surface area (Å²) in [5.41, 5.74) is 5.63. The molecule has 0 fully saturated rings. The van der Waals surface area contributed by atoms with Crippen LogP contribution in [0.25, 0.3) is 11.1 Å². The maximum Gasteiger partial charge on any atom is 0.407 e. The van der Waals surface area contributed by atoms with Crippen LogP contribution in [-0.4, -0.2) is 161 Å². The van der Waals surface area contributed by atoms with E-state index in [1.807, 2.05) is 24.3 Å². The number of nitrogens with one attached hydrogen (secondary N) is 1. The molecule has 0 aromatic heterocycles. The van der Waals surface area contributed by atoms with Crippen LogP contribution < -0.4 is 5.32 Å². The number of ether oxygens (including phenoxy) is 10. The van der Waals surface area contributed by atoms with Crippen molar-refractivity contribution in [1.82, 2.24) is 10.2 Å². The second kappa shape index (κ2) is 26.7. The van der Waals surface area contributed by atoms with Gasteiger partial charge in [-0.2, -0.15) is 0 Å². The molecule has 0 unspecified atom stereocenters. The molecule has 316 valence electrons. The minimum Gasteiger partial charge on any atom is -0.449 e. The lowest BCUT2D eigenvalue weighted by molar-refractivity contribution is -0.0251. The molecule has 3 aromatic rings. The standard InChI is InChI=1S/C43H56N2O13/c46-41-38-11-5-6-12-39(38)42(47)45(41)14-16-50-18-20-52-22-24-54-26-28-56-30-32-57-31-29-55-27-25-53-23-21-51-19-17-49-15-13-44-43(48)58-33-40-36-9-3-1-7-34(36)35-8-2-4-10-37(35)40/h1-12,40H,13-33H2,(H,44,48). The van der Waals surface area contributed by atoms with E-state index in [4.69, 9.17) is 47.4 Å². The number of carbonyl (C=O) groups is 3. The Morgan fingerprint density at radius 2 is 0.776 bits per heavy atom. The molecule has 3 amide bonds. The van der Waals surface area contributed by atoms with E-state index in [2.05, 4.69) is 29.6 Å². The zero-order chi connectivity index (χ0) is 40.5. The predicted octanol–water partition coefficient (Wildman–Crippen LogP) is 3.97. The van der Waals surface area contributed by atoms with Gasteiger partial charge in [0, 0.05) is 12.5 Å². The maximum absolute atomic E-state index is 12.3. The zero-order valence-corrected chi connectivity index (χ0v) is 33.1. The Labute approximate surface area is 340 Å². The third-order valence-electron chi connectivity index (χ3n) is 9.17. The number of fused-ring (bicyclic) bond motifs is 4. The van der Waals surface area contributed by atoms with Crippen molar-refractivity contribution in [3.05, 3.63) is 95.1 Å². The molecular weight excluding hydrogens is 752 g/mol. The molecule has 5 rings (SSSR count). The van der Waals surface area contributed by atoms with Gasteiger partial charge in [0.15, 0.2) is 0 Å². The average molecular weight is 809 g/mol. The van der Waals surface area contributed by atoms with Crippen molar-refractivity contribution >= 4 is 17.9 Å². The van der Waals surface area contributed by atoms with Gasteiger partial charge in [-0.1, -0.05) is 60.7 Å². The molecule has 2 aliphatic rings. The summed E-state index contributed by atoms with van der Waals surface area (Å²) < 4.78 is 55.0. The van der Waals surface area contributed by atoms with Crippen molar-refractivity contribution < 1.29 is 61.8 Å². The van der Waals surface area contributed by atoms with Gasteiger partial charge in [0.2, 0.25) is 0 Å². The molecule has 1 heterocycles. The summed E-state index contributed by atoms with van der Waals surface area (Å²) in [5.74, 6) is -0.535. The highest BCUT2D eigenvalue weighted by Crippen LogP contribution is 2.44. The van der Waals surface area contributed by atoms with Crippen molar-refractivity contribution in [3.63, 3.8) is 0 Å². The summed E-state index contributed by atoms with van der Waals surface area (Å²) in [7, 11) is 0. The Bertz CT molecular complexity index is 1590. The van der Waals surface area contributed by atoms with E-state index in [0.29, 0.717) is 130 Å². The van der Waals surface area contributed by atoms with E-state index in [1.54, 1.807) is 24.3 Å². The summed E-state index contributed by atoms with van der Waals surface area (Å²) in [6.45, 7) is 8.50. The largest absolute Gasteiger partial charge is 0.449 e. The fraction of sp³-hybridized carbons (Fsp3) is 0.512. The minimum absolute atomic E-state index is 0.0299. The molecule has 1 aliphatic heterocycles. The average Bonchev–Trinajstić information content (AvgIpc) is 3.70. The number of nitrogens with zero attached hydrogens (tertiary/aromatic N) is 1. The molecule has 0 radical (unpaired) electrons. The molecule has 0 atom stereocenters. The lowest BCUT2D eigenvalue weighted by atomic mass is 9.98. The van der Waals surface area contributed by atoms with Crippen LogP contribution in [0.4, 0.5) is 4.79 Å². The Morgan fingerprint density at radius 1 is 0.448 bits per heavy atom. The molecule has 0 saturated heterocycles. The van der Waals surface area contributed by atoms with Crippen LogP contribution in [0.1, 0.15) is 37.8 Å². The first-order chi connectivity index (χ1) is 28.6. The molecule has 1 N–H and O–H groups in total. The van der Waals surface area contributed by atoms with Gasteiger partial charge in [0.25, 0.3) is 11.8 Å². The molecule has 0 saturated carbocycles. The van der Waals surface area contributed by atoms with E-state index in [1.165, 1.54) is 27.2 Å². The summed E-state index contributed by atoms with van der Waals surface area (Å²) >= 11 is 0. The van der Waals surface area contributed by atoms with Crippen molar-refractivity contribution in [3.8, 4) is 11.1 Å². The van der Waals surface area contributed by atoms with Gasteiger partial charge in [0.1, 0.15) is 6.61 Å². The van der Waals surface area contributed by atoms with Crippen LogP contribution in [0.15, 0.2) is 72.8 Å². The van der Waals surface area contributed by atoms with Gasteiger partial charge in [-0.05, 0) is 34.4 Å². The Kier molecular flexibility index (Phi) is 20.6. The SMILES string of the molecule is O=C(NCCOCCOCCOCCOCCOCCOCCOCCOCCOCCN1C(=O)c2ccccc2C1=O)OCC1c2ccccc2-c2ccccc21. The van der Waals surface area contributed by atoms with E-state index >= 15 is 0 Å². The normalized spacial score (nSPS) is 13.2. The van der Waals surface area contributed by atoms with Gasteiger partial charge in [-0.25, -0.2) is 4.79 Å². The number of benzene rings is 3. The molecule has 58 heavy (non-hydrogen) atoms. The highest BCUT2D eigenvalue weighted by atomic mass is 16.6. The molecule has 0 spiro atoms. The van der Waals surface area contributed by atoms with Crippen molar-refractivity contribution in [1.29, 1.82) is 0 Å². The van der Waals surface area contributed by atoms with Crippen LogP contribution in [0.2, 0.25) is 0 Å². The number of amides is 3. The minimum atomic E-state index is -0.459. The molecular formula is C43H56N2O13. The third kappa shape index (κ3) is 14.8. The second-order valence-electron chi connectivity index (χ2n) is 13.1. The summed E-state index contributed by atoms with van der Waals surface area (Å²) in [6.07, 6.45) is -0.459. The number of imide groups is 1. The lowest BCUT2D eigenvalue weighted by Gasteiger charge is -2.14. The number of alkyl carbamates (subject to hydrolysis) is 1. The fourth-order valence-electron chi connectivity index (χ4n) is 6.33. The van der Waals surface area contributed by atoms with E-state index in [0.717, 1.165) is 0 Å². The topological polar surface area (TPSA) is 159 Å². The van der Waals surface area contributed by atoms with Gasteiger partial charge in [-0.15, -0.1) is 0 Å². The smallest absolute Gasteiger partial charge is 0.407 e. The molecule has 15 heteroatoms. The Morgan fingerprint density at radius 3 is 1.17 bits per heavy atom. The van der Waals surface area contributed by atoms with Gasteiger partial charge < -0.3 is 52.7 Å². The first-order valence-corrected chi connectivity index (χ1v) is 19.9.